The van der Waals surface area contributed by atoms with Gasteiger partial charge in [-0.05, 0) is 37.8 Å². The smallest absolute Gasteiger partial charge is 0.374 e. The Morgan fingerprint density at radius 3 is 2.58 bits per heavy atom. The fourth-order valence-electron chi connectivity index (χ4n) is 2.45. The summed E-state index contributed by atoms with van der Waals surface area (Å²) in [6.45, 7) is 0.372. The van der Waals surface area contributed by atoms with Crippen LogP contribution in [0, 0.1) is 0 Å². The standard InChI is InChI=1S/C15H22O4/c1-17-11-13-9-10-14(18-13)15(16)19-12-7-5-3-2-4-6-8-12/h9-10,12H,2-8,11H2,1H3. The predicted molar refractivity (Wildman–Crippen MR) is 70.9 cm³/mol. The van der Waals surface area contributed by atoms with E-state index in [0.717, 1.165) is 25.7 Å². The van der Waals surface area contributed by atoms with E-state index in [2.05, 4.69) is 0 Å². The van der Waals surface area contributed by atoms with Crippen LogP contribution in [0.2, 0.25) is 0 Å². The predicted octanol–water partition coefficient (Wildman–Crippen LogP) is 3.70. The van der Waals surface area contributed by atoms with Gasteiger partial charge in [0.15, 0.2) is 0 Å². The molecule has 0 spiro atoms. The molecule has 0 N–H and O–H groups in total. The highest BCUT2D eigenvalue weighted by molar-refractivity contribution is 5.86. The number of furan rings is 1. The molecule has 1 heterocycles. The molecule has 1 saturated carbocycles. The molecule has 0 amide bonds. The average Bonchev–Trinajstić information content (AvgIpc) is 2.81. The highest BCUT2D eigenvalue weighted by Gasteiger charge is 2.19. The molecule has 4 nitrogen and oxygen atoms in total. The fourth-order valence-corrected chi connectivity index (χ4v) is 2.45. The first kappa shape index (κ1) is 14.1. The Hall–Kier alpha value is -1.29. The maximum atomic E-state index is 12.0. The number of methoxy groups -OCH3 is 1. The van der Waals surface area contributed by atoms with Gasteiger partial charge in [-0.25, -0.2) is 4.79 Å². The van der Waals surface area contributed by atoms with E-state index in [-0.39, 0.29) is 17.8 Å². The molecular weight excluding hydrogens is 244 g/mol. The van der Waals surface area contributed by atoms with Crippen molar-refractivity contribution in [1.82, 2.24) is 0 Å². The molecule has 0 radical (unpaired) electrons. The third kappa shape index (κ3) is 4.39. The summed E-state index contributed by atoms with van der Waals surface area (Å²) in [5, 5.41) is 0. The molecule has 0 bridgehead atoms. The van der Waals surface area contributed by atoms with E-state index in [9.17, 15) is 4.79 Å². The number of hydrogen-bond acceptors (Lipinski definition) is 4. The van der Waals surface area contributed by atoms with Crippen LogP contribution in [-0.2, 0) is 16.1 Å². The van der Waals surface area contributed by atoms with E-state index in [4.69, 9.17) is 13.9 Å². The third-order valence-corrected chi connectivity index (χ3v) is 3.48. The molecule has 1 aromatic rings. The van der Waals surface area contributed by atoms with Crippen molar-refractivity contribution in [3.05, 3.63) is 23.7 Å². The first-order chi connectivity index (χ1) is 9.29. The van der Waals surface area contributed by atoms with Crippen LogP contribution in [0.3, 0.4) is 0 Å². The van der Waals surface area contributed by atoms with Crippen LogP contribution in [0.15, 0.2) is 16.5 Å². The SMILES string of the molecule is COCc1ccc(C(=O)OC2CCCCCCC2)o1. The largest absolute Gasteiger partial charge is 0.457 e. The summed E-state index contributed by atoms with van der Waals surface area (Å²) in [6.07, 6.45) is 8.06. The molecule has 0 atom stereocenters. The molecule has 0 aromatic carbocycles. The number of carbonyl (C=O) groups is 1. The molecule has 1 aromatic heterocycles. The van der Waals surface area contributed by atoms with Crippen molar-refractivity contribution in [2.75, 3.05) is 7.11 Å². The molecule has 0 saturated heterocycles. The maximum absolute atomic E-state index is 12.0. The first-order valence-corrected chi connectivity index (χ1v) is 7.08. The van der Waals surface area contributed by atoms with Gasteiger partial charge in [-0.2, -0.15) is 0 Å². The highest BCUT2D eigenvalue weighted by atomic mass is 16.6. The molecule has 0 unspecified atom stereocenters. The summed E-state index contributed by atoms with van der Waals surface area (Å²) in [5.41, 5.74) is 0. The second-order valence-electron chi connectivity index (χ2n) is 5.07. The zero-order valence-electron chi connectivity index (χ0n) is 11.5. The van der Waals surface area contributed by atoms with E-state index < -0.39 is 0 Å². The minimum atomic E-state index is -0.354. The zero-order valence-corrected chi connectivity index (χ0v) is 11.5. The molecule has 19 heavy (non-hydrogen) atoms. The van der Waals surface area contributed by atoms with Crippen molar-refractivity contribution in [2.45, 2.75) is 57.7 Å². The van der Waals surface area contributed by atoms with Gasteiger partial charge in [-0.1, -0.05) is 19.3 Å². The molecule has 0 aliphatic heterocycles. The van der Waals surface area contributed by atoms with E-state index in [1.807, 2.05) is 0 Å². The molecule has 1 aliphatic rings. The van der Waals surface area contributed by atoms with E-state index in [1.165, 1.54) is 19.3 Å². The first-order valence-electron chi connectivity index (χ1n) is 7.08. The summed E-state index contributed by atoms with van der Waals surface area (Å²) in [6, 6.07) is 3.40. The normalized spacial score (nSPS) is 17.7. The summed E-state index contributed by atoms with van der Waals surface area (Å²) >= 11 is 0. The van der Waals surface area contributed by atoms with E-state index >= 15 is 0 Å². The number of hydrogen-bond donors (Lipinski definition) is 0. The van der Waals surface area contributed by atoms with Gasteiger partial charge in [0.1, 0.15) is 18.5 Å². The number of carbonyl (C=O) groups excluding carboxylic acids is 1. The van der Waals surface area contributed by atoms with E-state index in [1.54, 1.807) is 19.2 Å². The average molecular weight is 266 g/mol. The van der Waals surface area contributed by atoms with Gasteiger partial charge in [0.05, 0.1) is 0 Å². The Bertz CT molecular complexity index is 389. The topological polar surface area (TPSA) is 48.7 Å². The van der Waals surface area contributed by atoms with Gasteiger partial charge >= 0.3 is 5.97 Å². The minimum absolute atomic E-state index is 0.0452. The highest BCUT2D eigenvalue weighted by Crippen LogP contribution is 2.21. The Morgan fingerprint density at radius 1 is 1.21 bits per heavy atom. The monoisotopic (exact) mass is 266 g/mol. The molecule has 4 heteroatoms. The second kappa shape index (κ2) is 7.34. The van der Waals surface area contributed by atoms with Crippen LogP contribution in [0.1, 0.15) is 61.3 Å². The lowest BCUT2D eigenvalue weighted by Gasteiger charge is -2.19. The lowest BCUT2D eigenvalue weighted by Crippen LogP contribution is -2.19. The van der Waals surface area contributed by atoms with Crippen LogP contribution >= 0.6 is 0 Å². The minimum Gasteiger partial charge on any atom is -0.457 e. The van der Waals surface area contributed by atoms with Gasteiger partial charge in [0.2, 0.25) is 5.76 Å². The van der Waals surface area contributed by atoms with Crippen molar-refractivity contribution in [3.63, 3.8) is 0 Å². The van der Waals surface area contributed by atoms with E-state index in [0.29, 0.717) is 12.4 Å². The molecule has 1 fully saturated rings. The van der Waals surface area contributed by atoms with Crippen molar-refractivity contribution in [1.29, 1.82) is 0 Å². The van der Waals surface area contributed by atoms with Crippen molar-refractivity contribution in [3.8, 4) is 0 Å². The molecule has 2 rings (SSSR count). The van der Waals surface area contributed by atoms with Gasteiger partial charge in [-0.3, -0.25) is 0 Å². The Kier molecular flexibility index (Phi) is 5.45. The second-order valence-corrected chi connectivity index (χ2v) is 5.07. The van der Waals surface area contributed by atoms with Crippen molar-refractivity contribution < 1.29 is 18.7 Å². The summed E-state index contributed by atoms with van der Waals surface area (Å²) in [5.74, 6) is 0.564. The number of ether oxygens (including phenoxy) is 2. The number of rotatable bonds is 4. The Morgan fingerprint density at radius 2 is 1.89 bits per heavy atom. The van der Waals surface area contributed by atoms with Gasteiger partial charge < -0.3 is 13.9 Å². The summed E-state index contributed by atoms with van der Waals surface area (Å²) in [4.78, 5) is 12.0. The van der Waals surface area contributed by atoms with Crippen LogP contribution in [-0.4, -0.2) is 19.2 Å². The lowest BCUT2D eigenvalue weighted by atomic mass is 9.98. The van der Waals surface area contributed by atoms with Crippen LogP contribution < -0.4 is 0 Å². The number of esters is 1. The summed E-state index contributed by atoms with van der Waals surface area (Å²) in [7, 11) is 1.59. The Balaban J connectivity index is 1.87. The molecular formula is C15H22O4. The van der Waals surface area contributed by atoms with Crippen LogP contribution in [0.25, 0.3) is 0 Å². The van der Waals surface area contributed by atoms with Crippen molar-refractivity contribution in [2.24, 2.45) is 0 Å². The zero-order chi connectivity index (χ0) is 13.5. The van der Waals surface area contributed by atoms with Crippen molar-refractivity contribution >= 4 is 5.97 Å². The lowest BCUT2D eigenvalue weighted by molar-refractivity contribution is 0.0199. The molecule has 1 aliphatic carbocycles. The summed E-state index contributed by atoms with van der Waals surface area (Å²) < 4.78 is 15.9. The quantitative estimate of drug-likeness (QED) is 0.780. The third-order valence-electron chi connectivity index (χ3n) is 3.48. The molecule has 106 valence electrons. The van der Waals surface area contributed by atoms with Gasteiger partial charge in [-0.15, -0.1) is 0 Å². The van der Waals surface area contributed by atoms with Gasteiger partial charge in [0.25, 0.3) is 0 Å². The van der Waals surface area contributed by atoms with Crippen LogP contribution in [0.4, 0.5) is 0 Å². The maximum Gasteiger partial charge on any atom is 0.374 e. The van der Waals surface area contributed by atoms with Gasteiger partial charge in [0, 0.05) is 7.11 Å². The Labute approximate surface area is 114 Å². The van der Waals surface area contributed by atoms with Crippen LogP contribution in [0.5, 0.6) is 0 Å². The fraction of sp³-hybridized carbons (Fsp3) is 0.667.